The van der Waals surface area contributed by atoms with Crippen LogP contribution in [0, 0.1) is 0 Å². The smallest absolute Gasteiger partial charge is 0.305 e. The average Bonchev–Trinajstić information content (AvgIpc) is 2.89. The molecule has 0 amide bonds. The van der Waals surface area contributed by atoms with Crippen molar-refractivity contribution in [1.29, 1.82) is 0 Å². The van der Waals surface area contributed by atoms with Crippen LogP contribution in [-0.4, -0.2) is 19.7 Å². The van der Waals surface area contributed by atoms with E-state index in [-0.39, 0.29) is 12.0 Å². The highest BCUT2D eigenvalue weighted by Gasteiger charge is 2.21. The lowest BCUT2D eigenvalue weighted by molar-refractivity contribution is -0.140. The molecule has 0 saturated heterocycles. The van der Waals surface area contributed by atoms with Gasteiger partial charge in [-0.25, -0.2) is 0 Å². The first-order valence-corrected chi connectivity index (χ1v) is 7.27. The number of ether oxygens (including phenoxy) is 2. The standard InChI is InChI=1S/C15H20ClNO3/c1-19-14(18)5-3-2-4-13(17)12-9-11(16)8-10-6-7-20-15(10)12/h8-9,13H,2-7,17H2,1H3. The van der Waals surface area contributed by atoms with Crippen molar-refractivity contribution in [2.45, 2.75) is 38.1 Å². The van der Waals surface area contributed by atoms with Gasteiger partial charge in [0.25, 0.3) is 0 Å². The Bertz CT molecular complexity index is 490. The van der Waals surface area contributed by atoms with E-state index in [1.807, 2.05) is 12.1 Å². The van der Waals surface area contributed by atoms with Crippen LogP contribution in [0.1, 0.15) is 42.9 Å². The molecule has 1 aromatic rings. The molecule has 0 bridgehead atoms. The van der Waals surface area contributed by atoms with Gasteiger partial charge in [-0.2, -0.15) is 0 Å². The van der Waals surface area contributed by atoms with E-state index >= 15 is 0 Å². The summed E-state index contributed by atoms with van der Waals surface area (Å²) in [5, 5.41) is 0.703. The maximum atomic E-state index is 11.0. The fourth-order valence-corrected chi connectivity index (χ4v) is 2.71. The van der Waals surface area contributed by atoms with Crippen molar-refractivity contribution >= 4 is 17.6 Å². The van der Waals surface area contributed by atoms with Crippen LogP contribution in [-0.2, 0) is 16.0 Å². The SMILES string of the molecule is COC(=O)CCCCC(N)c1cc(Cl)cc2c1OCC2. The fraction of sp³-hybridized carbons (Fsp3) is 0.533. The van der Waals surface area contributed by atoms with Crippen molar-refractivity contribution in [2.24, 2.45) is 5.73 Å². The van der Waals surface area contributed by atoms with Crippen LogP contribution in [0.5, 0.6) is 5.75 Å². The predicted molar refractivity (Wildman–Crippen MR) is 78.1 cm³/mol. The van der Waals surface area contributed by atoms with Gasteiger partial charge in [0.15, 0.2) is 0 Å². The van der Waals surface area contributed by atoms with E-state index < -0.39 is 0 Å². The molecule has 1 atom stereocenters. The monoisotopic (exact) mass is 297 g/mol. The zero-order chi connectivity index (χ0) is 14.5. The van der Waals surface area contributed by atoms with E-state index in [9.17, 15) is 4.79 Å². The third-order valence-corrected chi connectivity index (χ3v) is 3.77. The lowest BCUT2D eigenvalue weighted by Crippen LogP contribution is -2.12. The predicted octanol–water partition coefficient (Wildman–Crippen LogP) is 3.01. The minimum Gasteiger partial charge on any atom is -0.493 e. The van der Waals surface area contributed by atoms with Gasteiger partial charge in [-0.1, -0.05) is 18.0 Å². The molecule has 1 aliphatic heterocycles. The highest BCUT2D eigenvalue weighted by Crippen LogP contribution is 2.37. The summed E-state index contributed by atoms with van der Waals surface area (Å²) in [6, 6.07) is 3.71. The lowest BCUT2D eigenvalue weighted by Gasteiger charge is -2.16. The zero-order valence-corrected chi connectivity index (χ0v) is 12.4. The summed E-state index contributed by atoms with van der Waals surface area (Å²) in [6.07, 6.45) is 3.78. The molecular weight excluding hydrogens is 278 g/mol. The highest BCUT2D eigenvalue weighted by molar-refractivity contribution is 6.30. The number of methoxy groups -OCH3 is 1. The Morgan fingerprint density at radius 2 is 2.30 bits per heavy atom. The number of fused-ring (bicyclic) bond motifs is 1. The Morgan fingerprint density at radius 3 is 3.05 bits per heavy atom. The molecule has 0 fully saturated rings. The van der Waals surface area contributed by atoms with Gasteiger partial charge in [-0.3, -0.25) is 4.79 Å². The van der Waals surface area contributed by atoms with E-state index in [2.05, 4.69) is 4.74 Å². The van der Waals surface area contributed by atoms with E-state index in [4.69, 9.17) is 22.1 Å². The van der Waals surface area contributed by atoms with Crippen molar-refractivity contribution in [3.05, 3.63) is 28.3 Å². The van der Waals surface area contributed by atoms with Crippen LogP contribution in [0.2, 0.25) is 5.02 Å². The van der Waals surface area contributed by atoms with Crippen LogP contribution in [0.15, 0.2) is 12.1 Å². The van der Waals surface area contributed by atoms with Crippen LogP contribution in [0.4, 0.5) is 0 Å². The second-order valence-electron chi connectivity index (χ2n) is 5.01. The van der Waals surface area contributed by atoms with Gasteiger partial charge >= 0.3 is 5.97 Å². The highest BCUT2D eigenvalue weighted by atomic mass is 35.5. The molecule has 110 valence electrons. The summed E-state index contributed by atoms with van der Waals surface area (Å²) >= 11 is 6.12. The fourth-order valence-electron chi connectivity index (χ4n) is 2.46. The summed E-state index contributed by atoms with van der Waals surface area (Å²) in [6.45, 7) is 0.692. The summed E-state index contributed by atoms with van der Waals surface area (Å²) in [7, 11) is 1.40. The molecule has 2 N–H and O–H groups in total. The average molecular weight is 298 g/mol. The Labute approximate surface area is 124 Å². The van der Waals surface area contributed by atoms with Crippen molar-refractivity contribution in [3.63, 3.8) is 0 Å². The van der Waals surface area contributed by atoms with E-state index in [0.29, 0.717) is 18.1 Å². The van der Waals surface area contributed by atoms with Crippen LogP contribution in [0.25, 0.3) is 0 Å². The third kappa shape index (κ3) is 3.64. The normalized spacial score (nSPS) is 14.6. The second kappa shape index (κ2) is 6.95. The van der Waals surface area contributed by atoms with Gasteiger partial charge in [0.1, 0.15) is 5.75 Å². The number of carbonyl (C=O) groups excluding carboxylic acids is 1. The molecule has 1 aromatic carbocycles. The molecule has 20 heavy (non-hydrogen) atoms. The number of hydrogen-bond acceptors (Lipinski definition) is 4. The first-order chi connectivity index (χ1) is 9.61. The molecular formula is C15H20ClNO3. The number of esters is 1. The molecule has 0 spiro atoms. The lowest BCUT2D eigenvalue weighted by atomic mass is 9.98. The molecule has 0 aliphatic carbocycles. The number of hydrogen-bond donors (Lipinski definition) is 1. The Morgan fingerprint density at radius 1 is 1.50 bits per heavy atom. The topological polar surface area (TPSA) is 61.5 Å². The van der Waals surface area contributed by atoms with Crippen LogP contribution < -0.4 is 10.5 Å². The Hall–Kier alpha value is -1.26. The first-order valence-electron chi connectivity index (χ1n) is 6.89. The van der Waals surface area contributed by atoms with Gasteiger partial charge in [-0.15, -0.1) is 0 Å². The Balaban J connectivity index is 1.93. The van der Waals surface area contributed by atoms with Gasteiger partial charge < -0.3 is 15.2 Å². The second-order valence-corrected chi connectivity index (χ2v) is 5.45. The third-order valence-electron chi connectivity index (χ3n) is 3.55. The molecule has 1 heterocycles. The minimum absolute atomic E-state index is 0.113. The van der Waals surface area contributed by atoms with Gasteiger partial charge in [-0.05, 0) is 30.5 Å². The summed E-state index contributed by atoms with van der Waals surface area (Å²) in [4.78, 5) is 11.0. The molecule has 0 radical (unpaired) electrons. The number of unbranched alkanes of at least 4 members (excludes halogenated alkanes) is 1. The van der Waals surface area contributed by atoms with Crippen molar-refractivity contribution in [2.75, 3.05) is 13.7 Å². The molecule has 1 aliphatic rings. The summed E-state index contributed by atoms with van der Waals surface area (Å²) < 4.78 is 10.3. The maximum absolute atomic E-state index is 11.0. The molecule has 4 nitrogen and oxygen atoms in total. The zero-order valence-electron chi connectivity index (χ0n) is 11.7. The summed E-state index contributed by atoms with van der Waals surface area (Å²) in [5.74, 6) is 0.723. The maximum Gasteiger partial charge on any atom is 0.305 e. The first kappa shape index (κ1) is 15.1. The molecule has 1 unspecified atom stereocenters. The van der Waals surface area contributed by atoms with Crippen molar-refractivity contribution < 1.29 is 14.3 Å². The van der Waals surface area contributed by atoms with Gasteiger partial charge in [0.05, 0.1) is 13.7 Å². The minimum atomic E-state index is -0.175. The number of benzene rings is 1. The van der Waals surface area contributed by atoms with E-state index in [1.165, 1.54) is 7.11 Å². The van der Waals surface area contributed by atoms with Crippen molar-refractivity contribution in [3.8, 4) is 5.75 Å². The van der Waals surface area contributed by atoms with Gasteiger partial charge in [0, 0.05) is 29.5 Å². The van der Waals surface area contributed by atoms with Gasteiger partial charge in [0.2, 0.25) is 0 Å². The number of rotatable bonds is 6. The molecule has 0 aromatic heterocycles. The molecule has 0 saturated carbocycles. The number of carbonyl (C=O) groups is 1. The molecule has 5 heteroatoms. The van der Waals surface area contributed by atoms with Crippen LogP contribution in [0.3, 0.4) is 0 Å². The molecule has 2 rings (SSSR count). The largest absolute Gasteiger partial charge is 0.493 e. The summed E-state index contributed by atoms with van der Waals surface area (Å²) in [5.41, 5.74) is 8.34. The van der Waals surface area contributed by atoms with Crippen molar-refractivity contribution in [1.82, 2.24) is 0 Å². The quantitative estimate of drug-likeness (QED) is 0.647. The van der Waals surface area contributed by atoms with E-state index in [0.717, 1.165) is 42.6 Å². The Kier molecular flexibility index (Phi) is 5.26. The number of halogens is 1. The van der Waals surface area contributed by atoms with Crippen LogP contribution >= 0.6 is 11.6 Å². The van der Waals surface area contributed by atoms with E-state index in [1.54, 1.807) is 0 Å². The number of nitrogens with two attached hydrogens (primary N) is 1.